The van der Waals surface area contributed by atoms with Crippen LogP contribution in [0.4, 0.5) is 0 Å². The van der Waals surface area contributed by atoms with E-state index in [2.05, 4.69) is 62.5 Å². The molecule has 28 heteroatoms. The molecule has 10 amide bonds. The SMILES string of the molecule is CCNC(=O)[C@@H]1CCCN1C(=O)[C@H](CCCN=C(N)N)NC(=O)[C@H](CC(C)C)NC(=O)[C@@H](CC(C)C)NC(=O)[C@H](Cc1ccc(O)cc1)NC(=O)[C@H](CO)N(C)C(=O)[C@H](Cc1c[nH]c2ccccc12)NC(=O)[C@H](Cc1cnc[nH]1)NC(=O)[C@@H]1CCC(=O)N1. The number of carbonyl (C=O) groups excluding carboxylic acids is 10. The molecule has 0 radical (unpaired) electrons. The maximum absolute atomic E-state index is 15.0. The number of amides is 10. The lowest BCUT2D eigenvalue weighted by atomic mass is 9.98. The number of aromatic amines is 2. The average molecular weight is 1220 g/mol. The molecule has 2 saturated heterocycles. The van der Waals surface area contributed by atoms with Gasteiger partial charge in [0.25, 0.3) is 0 Å². The number of para-hydroxylation sites is 1. The Hall–Kier alpha value is -9.08. The van der Waals surface area contributed by atoms with Crippen LogP contribution in [0.15, 0.2) is 72.2 Å². The van der Waals surface area contributed by atoms with Gasteiger partial charge in [-0.1, -0.05) is 58.0 Å². The number of phenols is 1. The second kappa shape index (κ2) is 32.6. The number of aliphatic hydroxyl groups is 1. The molecular weight excluding hydrogens is 1140 g/mol. The van der Waals surface area contributed by atoms with Crippen LogP contribution in [0.5, 0.6) is 5.75 Å². The van der Waals surface area contributed by atoms with Crippen LogP contribution in [0.25, 0.3) is 10.9 Å². The van der Waals surface area contributed by atoms with E-state index in [1.165, 1.54) is 48.7 Å². The van der Waals surface area contributed by atoms with Crippen molar-refractivity contribution in [2.75, 3.05) is 33.3 Å². The summed E-state index contributed by atoms with van der Waals surface area (Å²) in [5.74, 6) is -7.40. The molecule has 4 heterocycles. The molecule has 2 aromatic carbocycles. The van der Waals surface area contributed by atoms with Crippen molar-refractivity contribution in [2.45, 2.75) is 160 Å². The number of likely N-dealkylation sites (tertiary alicyclic amines) is 1. The fourth-order valence-electron chi connectivity index (χ4n) is 10.8. The number of phenolic OH excluding ortho intramolecular Hbond substituents is 1. The number of H-pyrrole nitrogens is 2. The number of rotatable bonds is 32. The first-order chi connectivity index (χ1) is 42.0. The lowest BCUT2D eigenvalue weighted by Crippen LogP contribution is -2.61. The summed E-state index contributed by atoms with van der Waals surface area (Å²) in [6.07, 6.45) is 5.85. The minimum absolute atomic E-state index is 0.0408. The third-order valence-electron chi connectivity index (χ3n) is 15.4. The van der Waals surface area contributed by atoms with Crippen molar-refractivity contribution in [2.24, 2.45) is 28.3 Å². The van der Waals surface area contributed by atoms with Gasteiger partial charge in [0.15, 0.2) is 5.96 Å². The van der Waals surface area contributed by atoms with Crippen molar-refractivity contribution in [3.05, 3.63) is 84.1 Å². The normalized spacial score (nSPS) is 17.1. The van der Waals surface area contributed by atoms with Crippen molar-refractivity contribution in [1.29, 1.82) is 0 Å². The quantitative estimate of drug-likeness (QED) is 0.0157. The highest BCUT2D eigenvalue weighted by Crippen LogP contribution is 2.23. The number of carbonyl (C=O) groups is 10. The van der Waals surface area contributed by atoms with Crippen molar-refractivity contribution in [3.8, 4) is 5.75 Å². The Morgan fingerprint density at radius 1 is 0.750 bits per heavy atom. The number of aromatic nitrogens is 3. The first-order valence-corrected chi connectivity index (χ1v) is 29.9. The summed E-state index contributed by atoms with van der Waals surface area (Å²) in [5, 5.41) is 43.8. The van der Waals surface area contributed by atoms with E-state index in [0.29, 0.717) is 36.2 Å². The molecular formula is C60H86N16O12. The van der Waals surface area contributed by atoms with E-state index in [4.69, 9.17) is 11.5 Å². The smallest absolute Gasteiger partial charge is 0.245 e. The number of aromatic hydroxyl groups is 1. The number of nitrogens with zero attached hydrogens (tertiary/aromatic N) is 4. The third kappa shape index (κ3) is 19.5. The first-order valence-electron chi connectivity index (χ1n) is 29.9. The molecule has 2 aliphatic rings. The molecule has 4 aromatic rings. The van der Waals surface area contributed by atoms with E-state index in [0.717, 1.165) is 15.8 Å². The predicted octanol–water partition coefficient (Wildman–Crippen LogP) is -1.10. The van der Waals surface area contributed by atoms with E-state index >= 15 is 0 Å². The number of aliphatic imine (C=N–C) groups is 1. The van der Waals surface area contributed by atoms with Gasteiger partial charge in [0, 0.05) is 81.4 Å². The van der Waals surface area contributed by atoms with Crippen molar-refractivity contribution in [1.82, 2.24) is 67.3 Å². The molecule has 478 valence electrons. The molecule has 0 spiro atoms. The number of imidazole rings is 1. The van der Waals surface area contributed by atoms with Crippen LogP contribution < -0.4 is 54.0 Å². The minimum Gasteiger partial charge on any atom is -0.508 e. The van der Waals surface area contributed by atoms with Gasteiger partial charge < -0.3 is 84.0 Å². The second-order valence-electron chi connectivity index (χ2n) is 23.2. The summed E-state index contributed by atoms with van der Waals surface area (Å²) < 4.78 is 0. The number of nitrogens with one attached hydrogen (secondary N) is 10. The zero-order valence-corrected chi connectivity index (χ0v) is 50.7. The van der Waals surface area contributed by atoms with Crippen LogP contribution in [0.1, 0.15) is 103 Å². The standard InChI is InChI=1S/C60H86N16O12/c1-7-64-56(85)48-15-11-23-76(48)59(88)42(14-10-22-65-60(61)62)69-52(81)43(24-33(2)3)70-53(82)44(25-34(4)5)71-54(83)45(26-35-16-18-38(78)19-17-35)73-57(86)49(31-77)75(6)58(87)47(27-36-29-66-40-13-9-8-12-39(36)40)74-55(84)46(28-37-30-63-32-67-37)72-51(80)41-20-21-50(79)68-41/h8-9,12-13,16-19,29-30,32-34,41-49,66,77-78H,7,10-11,14-15,20-28,31H2,1-6H3,(H,63,67)(H,64,85)(H,68,79)(H,69,81)(H,70,82)(H,71,83)(H,72,80)(H,73,86)(H,74,84)(H4,61,62,65)/t41-,42-,43-,44+,45-,46-,47-,48-,49-/m0/s1. The fourth-order valence-corrected chi connectivity index (χ4v) is 10.8. The van der Waals surface area contributed by atoms with E-state index in [1.807, 2.05) is 45.9 Å². The van der Waals surface area contributed by atoms with Crippen molar-refractivity contribution >= 4 is 75.9 Å². The zero-order chi connectivity index (χ0) is 64.2. The maximum atomic E-state index is 15.0. The number of likely N-dealkylation sites (N-methyl/N-ethyl adjacent to an activating group) is 2. The molecule has 0 bridgehead atoms. The Morgan fingerprint density at radius 3 is 1.95 bits per heavy atom. The highest BCUT2D eigenvalue weighted by Gasteiger charge is 2.41. The highest BCUT2D eigenvalue weighted by molar-refractivity contribution is 5.99. The summed E-state index contributed by atoms with van der Waals surface area (Å²) in [7, 11) is 1.24. The van der Waals surface area contributed by atoms with Crippen LogP contribution in [0.3, 0.4) is 0 Å². The number of hydrogen-bond acceptors (Lipinski definition) is 14. The minimum atomic E-state index is -1.70. The molecule has 16 N–H and O–H groups in total. The van der Waals surface area contributed by atoms with E-state index in [1.54, 1.807) is 19.2 Å². The van der Waals surface area contributed by atoms with E-state index in [-0.39, 0.29) is 106 Å². The summed E-state index contributed by atoms with van der Waals surface area (Å²) in [6, 6.07) is 1.71. The van der Waals surface area contributed by atoms with Crippen molar-refractivity contribution < 1.29 is 58.2 Å². The van der Waals surface area contributed by atoms with Crippen LogP contribution in [-0.4, -0.2) is 188 Å². The van der Waals surface area contributed by atoms with Gasteiger partial charge in [-0.2, -0.15) is 0 Å². The molecule has 0 unspecified atom stereocenters. The summed E-state index contributed by atoms with van der Waals surface area (Å²) in [4.78, 5) is 157. The van der Waals surface area contributed by atoms with Gasteiger partial charge >= 0.3 is 0 Å². The van der Waals surface area contributed by atoms with E-state index < -0.39 is 108 Å². The Bertz CT molecular complexity index is 3090. The molecule has 2 fully saturated rings. The van der Waals surface area contributed by atoms with Gasteiger partial charge in [-0.3, -0.25) is 52.9 Å². The van der Waals surface area contributed by atoms with Crippen molar-refractivity contribution in [3.63, 3.8) is 0 Å². The van der Waals surface area contributed by atoms with Gasteiger partial charge in [-0.25, -0.2) is 4.98 Å². The van der Waals surface area contributed by atoms with Gasteiger partial charge in [0.2, 0.25) is 59.1 Å². The molecule has 6 rings (SSSR count). The molecule has 88 heavy (non-hydrogen) atoms. The molecule has 0 aliphatic carbocycles. The Morgan fingerprint density at radius 2 is 1.36 bits per heavy atom. The van der Waals surface area contributed by atoms with Crippen LogP contribution in [0, 0.1) is 11.8 Å². The molecule has 9 atom stereocenters. The van der Waals surface area contributed by atoms with E-state index in [9.17, 15) is 58.2 Å². The predicted molar refractivity (Wildman–Crippen MR) is 325 cm³/mol. The number of aliphatic hydroxyl groups excluding tert-OH is 1. The third-order valence-corrected chi connectivity index (χ3v) is 15.4. The molecule has 0 saturated carbocycles. The molecule has 2 aliphatic heterocycles. The fraction of sp³-hybridized carbons (Fsp3) is 0.533. The number of guanidine groups is 1. The number of nitrogens with two attached hydrogens (primary N) is 2. The Balaban J connectivity index is 1.24. The van der Waals surface area contributed by atoms with Gasteiger partial charge in [0.1, 0.15) is 60.1 Å². The highest BCUT2D eigenvalue weighted by atomic mass is 16.3. The maximum Gasteiger partial charge on any atom is 0.245 e. The first kappa shape index (κ1) is 68.0. The monoisotopic (exact) mass is 1220 g/mol. The van der Waals surface area contributed by atoms with Gasteiger partial charge in [-0.15, -0.1) is 0 Å². The zero-order valence-electron chi connectivity index (χ0n) is 50.7. The van der Waals surface area contributed by atoms with Crippen LogP contribution >= 0.6 is 0 Å². The van der Waals surface area contributed by atoms with Crippen LogP contribution in [0.2, 0.25) is 0 Å². The topological polar surface area (TPSA) is 423 Å². The Labute approximate surface area is 510 Å². The Kier molecular flexibility index (Phi) is 25.2. The molecule has 2 aromatic heterocycles. The number of fused-ring (bicyclic) bond motifs is 1. The van der Waals surface area contributed by atoms with Gasteiger partial charge in [0.05, 0.1) is 12.9 Å². The lowest BCUT2D eigenvalue weighted by Gasteiger charge is -2.32. The van der Waals surface area contributed by atoms with Crippen LogP contribution in [-0.2, 0) is 67.2 Å². The average Bonchev–Trinajstić information content (AvgIpc) is 3.55. The summed E-state index contributed by atoms with van der Waals surface area (Å²) in [5.41, 5.74) is 13.3. The summed E-state index contributed by atoms with van der Waals surface area (Å²) >= 11 is 0. The molecule has 28 nitrogen and oxygen atoms in total. The van der Waals surface area contributed by atoms with Gasteiger partial charge in [-0.05, 0) is 93.0 Å². The lowest BCUT2D eigenvalue weighted by molar-refractivity contribution is -0.144. The number of benzene rings is 2. The second-order valence-corrected chi connectivity index (χ2v) is 23.2. The number of hydrogen-bond donors (Lipinski definition) is 14. The largest absolute Gasteiger partial charge is 0.508 e. The summed E-state index contributed by atoms with van der Waals surface area (Å²) in [6.45, 7) is 8.86.